The highest BCUT2D eigenvalue weighted by molar-refractivity contribution is 5.78. The van der Waals surface area contributed by atoms with Crippen LogP contribution in [0.15, 0.2) is 12.4 Å². The molecule has 3 aliphatic heterocycles. The zero-order chi connectivity index (χ0) is 15.1. The zero-order valence-electron chi connectivity index (χ0n) is 13.1. The second-order valence-corrected chi connectivity index (χ2v) is 6.75. The van der Waals surface area contributed by atoms with Gasteiger partial charge in [-0.3, -0.25) is 14.4 Å². The monoisotopic (exact) mass is 304 g/mol. The molecule has 22 heavy (non-hydrogen) atoms. The van der Waals surface area contributed by atoms with E-state index in [0.29, 0.717) is 18.4 Å². The van der Waals surface area contributed by atoms with Gasteiger partial charge in [-0.2, -0.15) is 5.10 Å². The average molecular weight is 304 g/mol. The molecular formula is C16H24N4O2. The van der Waals surface area contributed by atoms with Crippen LogP contribution in [0.1, 0.15) is 31.2 Å². The minimum absolute atomic E-state index is 0.187. The van der Waals surface area contributed by atoms with Crippen LogP contribution in [0.4, 0.5) is 0 Å². The molecule has 4 rings (SSSR count). The summed E-state index contributed by atoms with van der Waals surface area (Å²) in [6.45, 7) is 3.56. The fraction of sp³-hybridized carbons (Fsp3) is 0.750. The predicted molar refractivity (Wildman–Crippen MR) is 81.1 cm³/mol. The number of aromatic nitrogens is 2. The van der Waals surface area contributed by atoms with Gasteiger partial charge in [0.05, 0.1) is 18.3 Å². The molecule has 1 aromatic rings. The number of hydrogen-bond acceptors (Lipinski definition) is 4. The molecule has 3 saturated heterocycles. The number of carbonyl (C=O) groups excluding carboxylic acids is 1. The predicted octanol–water partition coefficient (Wildman–Crippen LogP) is 0.774. The van der Waals surface area contributed by atoms with E-state index in [2.05, 4.69) is 21.1 Å². The van der Waals surface area contributed by atoms with Gasteiger partial charge in [0.1, 0.15) is 0 Å². The molecule has 1 amide bonds. The van der Waals surface area contributed by atoms with Crippen molar-refractivity contribution in [3.63, 3.8) is 0 Å². The lowest BCUT2D eigenvalue weighted by atomic mass is 10.00. The maximum Gasteiger partial charge on any atom is 0.223 e. The van der Waals surface area contributed by atoms with Crippen molar-refractivity contribution in [1.82, 2.24) is 19.6 Å². The van der Waals surface area contributed by atoms with E-state index in [1.54, 1.807) is 0 Å². The molecule has 6 nitrogen and oxygen atoms in total. The van der Waals surface area contributed by atoms with Crippen LogP contribution in [-0.2, 0) is 23.1 Å². The zero-order valence-corrected chi connectivity index (χ0v) is 13.1. The molecule has 0 radical (unpaired) electrons. The van der Waals surface area contributed by atoms with E-state index in [4.69, 9.17) is 4.74 Å². The van der Waals surface area contributed by atoms with Gasteiger partial charge in [0.25, 0.3) is 0 Å². The third kappa shape index (κ3) is 2.44. The summed E-state index contributed by atoms with van der Waals surface area (Å²) < 4.78 is 7.94. The number of aryl methyl sites for hydroxylation is 1. The van der Waals surface area contributed by atoms with E-state index in [9.17, 15) is 4.79 Å². The molecule has 6 heteroatoms. The van der Waals surface area contributed by atoms with Crippen molar-refractivity contribution in [3.8, 4) is 0 Å². The highest BCUT2D eigenvalue weighted by Crippen LogP contribution is 2.34. The van der Waals surface area contributed by atoms with Gasteiger partial charge < -0.3 is 9.64 Å². The Morgan fingerprint density at radius 1 is 1.36 bits per heavy atom. The van der Waals surface area contributed by atoms with Crippen LogP contribution in [-0.4, -0.2) is 63.4 Å². The van der Waals surface area contributed by atoms with E-state index in [1.165, 1.54) is 12.0 Å². The number of nitrogens with zero attached hydrogens (tertiary/aromatic N) is 4. The number of fused-ring (bicyclic) bond motifs is 1. The lowest BCUT2D eigenvalue weighted by Gasteiger charge is -2.34. The fourth-order valence-electron chi connectivity index (χ4n) is 4.29. The number of likely N-dealkylation sites (tertiary alicyclic amines) is 2. The number of amides is 1. The third-order valence-corrected chi connectivity index (χ3v) is 5.26. The largest absolute Gasteiger partial charge is 0.374 e. The second kappa shape index (κ2) is 5.66. The lowest BCUT2D eigenvalue weighted by Crippen LogP contribution is -2.48. The maximum absolute atomic E-state index is 12.1. The van der Waals surface area contributed by atoms with Crippen LogP contribution in [0.5, 0.6) is 0 Å². The van der Waals surface area contributed by atoms with E-state index < -0.39 is 0 Å². The minimum atomic E-state index is 0.187. The fourth-order valence-corrected chi connectivity index (χ4v) is 4.29. The first-order valence-corrected chi connectivity index (χ1v) is 8.35. The normalized spacial score (nSPS) is 32.7. The Hall–Kier alpha value is -1.40. The van der Waals surface area contributed by atoms with Crippen molar-refractivity contribution in [2.45, 2.75) is 50.4 Å². The van der Waals surface area contributed by atoms with Crippen LogP contribution in [0.2, 0.25) is 0 Å². The average Bonchev–Trinajstić information content (AvgIpc) is 3.20. The molecule has 1 aromatic heterocycles. The van der Waals surface area contributed by atoms with Crippen molar-refractivity contribution in [3.05, 3.63) is 18.0 Å². The molecule has 0 unspecified atom stereocenters. The number of hydrogen-bond donors (Lipinski definition) is 0. The molecule has 0 aliphatic carbocycles. The van der Waals surface area contributed by atoms with Crippen molar-refractivity contribution in [2.24, 2.45) is 7.05 Å². The van der Waals surface area contributed by atoms with Gasteiger partial charge >= 0.3 is 0 Å². The molecule has 0 aromatic carbocycles. The summed E-state index contributed by atoms with van der Waals surface area (Å²) in [6, 6.07) is 0.671. The second-order valence-electron chi connectivity index (χ2n) is 6.75. The molecular weight excluding hydrogens is 280 g/mol. The Labute approximate surface area is 131 Å². The van der Waals surface area contributed by atoms with E-state index in [0.717, 1.165) is 39.1 Å². The Balaban J connectivity index is 1.53. The summed E-state index contributed by atoms with van der Waals surface area (Å²) in [4.78, 5) is 16.7. The first kappa shape index (κ1) is 14.2. The van der Waals surface area contributed by atoms with Gasteiger partial charge in [-0.15, -0.1) is 0 Å². The topological polar surface area (TPSA) is 50.6 Å². The van der Waals surface area contributed by atoms with Crippen molar-refractivity contribution in [1.29, 1.82) is 0 Å². The van der Waals surface area contributed by atoms with Gasteiger partial charge in [-0.25, -0.2) is 0 Å². The highest BCUT2D eigenvalue weighted by Gasteiger charge is 2.48. The van der Waals surface area contributed by atoms with Gasteiger partial charge in [-0.05, 0) is 19.3 Å². The molecule has 3 aliphatic rings. The summed E-state index contributed by atoms with van der Waals surface area (Å²) in [5.74, 6) is 0.307. The van der Waals surface area contributed by atoms with E-state index >= 15 is 0 Å². The Kier molecular flexibility index (Phi) is 3.66. The smallest absolute Gasteiger partial charge is 0.223 e. The van der Waals surface area contributed by atoms with Crippen LogP contribution in [0, 0.1) is 0 Å². The van der Waals surface area contributed by atoms with Crippen molar-refractivity contribution < 1.29 is 9.53 Å². The van der Waals surface area contributed by atoms with Crippen LogP contribution in [0.25, 0.3) is 0 Å². The molecule has 4 heterocycles. The Morgan fingerprint density at radius 2 is 2.27 bits per heavy atom. The summed E-state index contributed by atoms with van der Waals surface area (Å²) in [5, 5.41) is 4.27. The Bertz CT molecular complexity index is 558. The molecule has 0 N–H and O–H groups in total. The van der Waals surface area contributed by atoms with Crippen molar-refractivity contribution in [2.75, 3.05) is 19.7 Å². The molecule has 3 atom stereocenters. The van der Waals surface area contributed by atoms with E-state index in [-0.39, 0.29) is 12.1 Å². The first-order chi connectivity index (χ1) is 10.7. The number of ether oxygens (including phenoxy) is 1. The lowest BCUT2D eigenvalue weighted by molar-refractivity contribution is -0.132. The van der Waals surface area contributed by atoms with Gasteiger partial charge in [0, 0.05) is 57.5 Å². The number of rotatable bonds is 3. The van der Waals surface area contributed by atoms with Crippen LogP contribution < -0.4 is 0 Å². The standard InChI is InChI=1S/C16H24N4O2/c1-18-9-12(8-17-18)10-19-11-14(20-6-2-5-15(20)21)16-13(19)4-3-7-22-16/h8-9,13-14,16H,2-7,10-11H2,1H3/t13-,14-,16+/m0/s1. The van der Waals surface area contributed by atoms with Crippen molar-refractivity contribution >= 4 is 5.91 Å². The molecule has 120 valence electrons. The quantitative estimate of drug-likeness (QED) is 0.828. The third-order valence-electron chi connectivity index (χ3n) is 5.26. The molecule has 3 fully saturated rings. The van der Waals surface area contributed by atoms with E-state index in [1.807, 2.05) is 17.9 Å². The number of carbonyl (C=O) groups is 1. The summed E-state index contributed by atoms with van der Waals surface area (Å²) >= 11 is 0. The minimum Gasteiger partial charge on any atom is -0.374 e. The highest BCUT2D eigenvalue weighted by atomic mass is 16.5. The van der Waals surface area contributed by atoms with Crippen LogP contribution >= 0.6 is 0 Å². The molecule has 0 saturated carbocycles. The first-order valence-electron chi connectivity index (χ1n) is 8.35. The van der Waals surface area contributed by atoms with Gasteiger partial charge in [-0.1, -0.05) is 0 Å². The van der Waals surface area contributed by atoms with Gasteiger partial charge in [0.15, 0.2) is 0 Å². The van der Waals surface area contributed by atoms with Gasteiger partial charge in [0.2, 0.25) is 5.91 Å². The summed E-state index contributed by atoms with van der Waals surface area (Å²) in [6.07, 6.45) is 8.19. The molecule has 0 spiro atoms. The molecule has 0 bridgehead atoms. The summed E-state index contributed by atoms with van der Waals surface area (Å²) in [7, 11) is 1.95. The SMILES string of the molecule is Cn1cc(CN2C[C@H](N3CCCC3=O)[C@@H]3OCCC[C@@H]32)cn1. The maximum atomic E-state index is 12.1. The summed E-state index contributed by atoms with van der Waals surface area (Å²) in [5.41, 5.74) is 1.24. The Morgan fingerprint density at radius 3 is 3.00 bits per heavy atom. The van der Waals surface area contributed by atoms with Crippen LogP contribution in [0.3, 0.4) is 0 Å².